The van der Waals surface area contributed by atoms with Crippen molar-refractivity contribution in [3.05, 3.63) is 78.5 Å². The van der Waals surface area contributed by atoms with Gasteiger partial charge in [0, 0.05) is 42.4 Å². The second kappa shape index (κ2) is 9.08. The number of halogens is 2. The fraction of sp³-hybridized carbons (Fsp3) is 0.357. The van der Waals surface area contributed by atoms with Crippen LogP contribution in [0.1, 0.15) is 31.5 Å². The van der Waals surface area contributed by atoms with Crippen molar-refractivity contribution in [2.45, 2.75) is 44.8 Å². The number of hydrogen-bond donors (Lipinski definition) is 1. The van der Waals surface area contributed by atoms with Crippen molar-refractivity contribution in [1.82, 2.24) is 15.0 Å². The van der Waals surface area contributed by atoms with Crippen LogP contribution < -0.4 is 5.32 Å². The second-order valence-electron chi connectivity index (χ2n) is 9.77. The molecule has 5 rings (SSSR count). The van der Waals surface area contributed by atoms with Gasteiger partial charge in [0.05, 0.1) is 11.9 Å². The molecule has 186 valence electrons. The van der Waals surface area contributed by atoms with Gasteiger partial charge in [-0.05, 0) is 43.0 Å². The molecule has 1 aliphatic carbocycles. The van der Waals surface area contributed by atoms with Crippen LogP contribution in [0.3, 0.4) is 0 Å². The highest BCUT2D eigenvalue weighted by Gasteiger charge is 2.68. The maximum Gasteiger partial charge on any atom is 0.332 e. The third kappa shape index (κ3) is 4.14. The molecular formula is C28H28F2N4O2. The number of fused-ring (bicyclic) bond motifs is 1. The summed E-state index contributed by atoms with van der Waals surface area (Å²) in [5.41, 5.74) is 2.27. The van der Waals surface area contributed by atoms with Crippen LogP contribution in [0.25, 0.3) is 17.2 Å². The summed E-state index contributed by atoms with van der Waals surface area (Å²) in [7, 11) is 0. The minimum Gasteiger partial charge on any atom is -0.460 e. The number of carbonyl (C=O) groups is 1. The number of hydrogen-bond acceptors (Lipinski definition) is 6. The number of pyridine rings is 1. The van der Waals surface area contributed by atoms with E-state index in [-0.39, 0.29) is 5.82 Å². The Morgan fingerprint density at radius 3 is 2.58 bits per heavy atom. The van der Waals surface area contributed by atoms with Gasteiger partial charge < -0.3 is 10.1 Å². The first-order chi connectivity index (χ1) is 17.2. The molecule has 3 aromatic rings. The minimum absolute atomic E-state index is 0.259. The van der Waals surface area contributed by atoms with Crippen molar-refractivity contribution >= 4 is 17.9 Å². The molecule has 1 saturated heterocycles. The van der Waals surface area contributed by atoms with Gasteiger partial charge in [-0.15, -0.1) is 0 Å². The minimum atomic E-state index is -3.11. The number of rotatable bonds is 5. The van der Waals surface area contributed by atoms with Gasteiger partial charge in [0.2, 0.25) is 0 Å². The number of aromatic nitrogens is 3. The van der Waals surface area contributed by atoms with Crippen molar-refractivity contribution in [3.8, 4) is 11.1 Å². The predicted octanol–water partition coefficient (Wildman–Crippen LogP) is 5.56. The Kier molecular flexibility index (Phi) is 6.06. The van der Waals surface area contributed by atoms with Gasteiger partial charge in [-0.25, -0.2) is 18.6 Å². The van der Waals surface area contributed by atoms with Crippen LogP contribution in [0.5, 0.6) is 0 Å². The molecule has 36 heavy (non-hydrogen) atoms. The van der Waals surface area contributed by atoms with Crippen molar-refractivity contribution < 1.29 is 18.3 Å². The van der Waals surface area contributed by atoms with Crippen LogP contribution in [-0.4, -0.2) is 38.5 Å². The molecule has 1 N–H and O–H groups in total. The van der Waals surface area contributed by atoms with Crippen molar-refractivity contribution in [2.75, 3.05) is 5.32 Å². The fourth-order valence-corrected chi connectivity index (χ4v) is 5.67. The van der Waals surface area contributed by atoms with Gasteiger partial charge in [0.1, 0.15) is 17.5 Å². The molecule has 0 radical (unpaired) electrons. The summed E-state index contributed by atoms with van der Waals surface area (Å²) in [6, 6.07) is 11.9. The highest BCUT2D eigenvalue weighted by Crippen LogP contribution is 2.55. The first kappa shape index (κ1) is 24.0. The zero-order valence-electron chi connectivity index (χ0n) is 20.4. The zero-order valence-corrected chi connectivity index (χ0v) is 20.4. The Bertz CT molecular complexity index is 1280. The Morgan fingerprint density at radius 1 is 1.08 bits per heavy atom. The van der Waals surface area contributed by atoms with E-state index in [1.54, 1.807) is 25.3 Å². The van der Waals surface area contributed by atoms with E-state index < -0.39 is 47.7 Å². The number of nitrogens with one attached hydrogen (secondary N) is 1. The number of cyclic esters (lactones) is 1. The molecule has 2 fully saturated rings. The molecule has 0 spiro atoms. The summed E-state index contributed by atoms with van der Waals surface area (Å²) in [4.78, 5) is 25.8. The average Bonchev–Trinajstić information content (AvgIpc) is 3.09. The number of benzene rings is 1. The highest BCUT2D eigenvalue weighted by molar-refractivity contribution is 5.87. The number of aryl methyl sites for hydroxylation is 1. The number of ether oxygens (including phenoxy) is 1. The number of nitrogens with zero attached hydrogens (tertiary/aromatic N) is 3. The lowest BCUT2D eigenvalue weighted by atomic mass is 9.60. The highest BCUT2D eigenvalue weighted by atomic mass is 19.3. The van der Waals surface area contributed by atoms with Crippen LogP contribution >= 0.6 is 0 Å². The number of carbonyl (C=O) groups excluding carboxylic acids is 1. The van der Waals surface area contributed by atoms with Gasteiger partial charge >= 0.3 is 5.97 Å². The topological polar surface area (TPSA) is 77.0 Å². The van der Waals surface area contributed by atoms with Gasteiger partial charge in [0.15, 0.2) is 0 Å². The summed E-state index contributed by atoms with van der Waals surface area (Å²) in [6.07, 6.45) is 8.43. The summed E-state index contributed by atoms with van der Waals surface area (Å²) < 4.78 is 36.4. The summed E-state index contributed by atoms with van der Waals surface area (Å²) in [5.74, 6) is -5.70. The SMILES string of the molecule is Cc1ccccc1-c1ccc(/C=C/[C@@H]2[C@@H]3[C@@H](C)OC(=O)[C@]3(Nc3cnccn3)CC(F)(F)[C@H]2C)nc1. The van der Waals surface area contributed by atoms with E-state index in [4.69, 9.17) is 4.74 Å². The Labute approximate surface area is 208 Å². The molecule has 1 aromatic carbocycles. The van der Waals surface area contributed by atoms with Crippen LogP contribution in [0.15, 0.2) is 67.3 Å². The molecule has 3 heterocycles. The van der Waals surface area contributed by atoms with E-state index in [1.807, 2.05) is 43.3 Å². The maximum atomic E-state index is 15.4. The molecule has 0 bridgehead atoms. The van der Waals surface area contributed by atoms with Crippen LogP contribution in [-0.2, 0) is 9.53 Å². The van der Waals surface area contributed by atoms with Crippen LogP contribution in [0.2, 0.25) is 0 Å². The summed E-state index contributed by atoms with van der Waals surface area (Å²) in [6.45, 7) is 5.33. The molecule has 2 aliphatic rings. The average molecular weight is 491 g/mol. The van der Waals surface area contributed by atoms with Gasteiger partial charge in [-0.2, -0.15) is 0 Å². The van der Waals surface area contributed by atoms with E-state index in [0.717, 1.165) is 16.7 Å². The van der Waals surface area contributed by atoms with Crippen molar-refractivity contribution in [3.63, 3.8) is 0 Å². The molecule has 5 atom stereocenters. The molecule has 0 unspecified atom stereocenters. The van der Waals surface area contributed by atoms with Gasteiger partial charge in [-0.3, -0.25) is 9.97 Å². The number of anilines is 1. The standard InChI is InChI=1S/C28H28F2N4O2/c1-17-6-4-5-7-22(17)20-8-9-21(33-14-20)10-11-23-18(2)28(29,30)16-27(25(23)19(3)36-26(27)35)34-24-15-31-12-13-32-24/h4-15,18-19,23,25H,16H2,1-3H3,(H,32,34)/b11-10+/t18-,19+,23-,25-,27-/m0/s1. The quantitative estimate of drug-likeness (QED) is 0.472. The Hall–Kier alpha value is -3.68. The first-order valence-corrected chi connectivity index (χ1v) is 12.0. The predicted molar refractivity (Wildman–Crippen MR) is 133 cm³/mol. The summed E-state index contributed by atoms with van der Waals surface area (Å²) in [5, 5.41) is 2.99. The van der Waals surface area contributed by atoms with Crippen LogP contribution in [0, 0.1) is 24.7 Å². The number of allylic oxidation sites excluding steroid dienone is 1. The maximum absolute atomic E-state index is 15.4. The monoisotopic (exact) mass is 490 g/mol. The fourth-order valence-electron chi connectivity index (χ4n) is 5.67. The molecule has 6 nitrogen and oxygen atoms in total. The van der Waals surface area contributed by atoms with E-state index in [0.29, 0.717) is 5.69 Å². The summed E-state index contributed by atoms with van der Waals surface area (Å²) >= 11 is 0. The normalized spacial score (nSPS) is 29.1. The molecular weight excluding hydrogens is 462 g/mol. The first-order valence-electron chi connectivity index (χ1n) is 12.0. The van der Waals surface area contributed by atoms with E-state index in [2.05, 4.69) is 20.3 Å². The third-order valence-corrected chi connectivity index (χ3v) is 7.55. The van der Waals surface area contributed by atoms with E-state index >= 15 is 8.78 Å². The Balaban J connectivity index is 1.47. The number of esters is 1. The smallest absolute Gasteiger partial charge is 0.332 e. The lowest BCUT2D eigenvalue weighted by molar-refractivity contribution is -0.153. The molecule has 0 amide bonds. The van der Waals surface area contributed by atoms with Gasteiger partial charge in [-0.1, -0.05) is 43.3 Å². The Morgan fingerprint density at radius 2 is 1.89 bits per heavy atom. The zero-order chi connectivity index (χ0) is 25.5. The molecule has 1 saturated carbocycles. The third-order valence-electron chi connectivity index (χ3n) is 7.55. The molecule has 8 heteroatoms. The molecule has 2 aromatic heterocycles. The number of alkyl halides is 2. The van der Waals surface area contributed by atoms with Gasteiger partial charge in [0.25, 0.3) is 5.92 Å². The van der Waals surface area contributed by atoms with Crippen molar-refractivity contribution in [2.24, 2.45) is 17.8 Å². The largest absolute Gasteiger partial charge is 0.460 e. The lowest BCUT2D eigenvalue weighted by Crippen LogP contribution is -2.61. The lowest BCUT2D eigenvalue weighted by Gasteiger charge is -2.48. The van der Waals surface area contributed by atoms with E-state index in [9.17, 15) is 4.79 Å². The van der Waals surface area contributed by atoms with Crippen LogP contribution in [0.4, 0.5) is 14.6 Å². The molecule has 1 aliphatic heterocycles. The second-order valence-corrected chi connectivity index (χ2v) is 9.77. The van der Waals surface area contributed by atoms with Crippen molar-refractivity contribution in [1.29, 1.82) is 0 Å². The van der Waals surface area contributed by atoms with E-state index in [1.165, 1.54) is 25.5 Å².